The third-order valence-electron chi connectivity index (χ3n) is 6.26. The molecule has 186 valence electrons. The fourth-order valence-electron chi connectivity index (χ4n) is 3.83. The van der Waals surface area contributed by atoms with Gasteiger partial charge in [0.15, 0.2) is 0 Å². The van der Waals surface area contributed by atoms with E-state index in [4.69, 9.17) is 5.41 Å². The smallest absolute Gasteiger partial charge is 0.229 e. The predicted molar refractivity (Wildman–Crippen MR) is 147 cm³/mol. The maximum Gasteiger partial charge on any atom is 0.229 e. The van der Waals surface area contributed by atoms with Crippen LogP contribution in [0.3, 0.4) is 0 Å². The Hall–Kier alpha value is -3.20. The highest BCUT2D eigenvalue weighted by molar-refractivity contribution is 6.36. The Balaban J connectivity index is 1.49. The monoisotopic (exact) mass is 475 g/mol. The maximum absolute atomic E-state index is 12.2. The molecule has 1 amide bonds. The second-order valence-corrected chi connectivity index (χ2v) is 9.16. The first kappa shape index (κ1) is 26.4. The molecule has 2 aromatic rings. The zero-order valence-electron chi connectivity index (χ0n) is 21.4. The van der Waals surface area contributed by atoms with Gasteiger partial charge in [0, 0.05) is 18.4 Å². The molecular weight excluding hydrogens is 437 g/mol. The van der Waals surface area contributed by atoms with Crippen LogP contribution >= 0.6 is 0 Å². The minimum atomic E-state index is 0.0382. The first-order valence-corrected chi connectivity index (χ1v) is 12.6. The number of benzene rings is 1. The fraction of sp³-hybridized carbons (Fsp3) is 0.462. The van der Waals surface area contributed by atoms with Crippen LogP contribution in [0, 0.1) is 11.3 Å². The molecule has 3 rings (SSSR count). The lowest BCUT2D eigenvalue weighted by atomic mass is 9.99. The van der Waals surface area contributed by atoms with Gasteiger partial charge in [-0.05, 0) is 81.0 Å². The SMILES string of the molecule is Bc1cnc(Nc2ccc(CC(=O)NCCCN(CC)CC)cc2)nc1NC(=N)/C=C(\C)C1CC1. The summed E-state index contributed by atoms with van der Waals surface area (Å²) in [5.41, 5.74) is 3.90. The molecule has 0 saturated heterocycles. The molecule has 0 radical (unpaired) electrons. The van der Waals surface area contributed by atoms with Gasteiger partial charge in [-0.15, -0.1) is 0 Å². The molecule has 1 heterocycles. The first-order valence-electron chi connectivity index (χ1n) is 12.6. The summed E-state index contributed by atoms with van der Waals surface area (Å²) in [6.45, 7) is 10.2. The Morgan fingerprint density at radius 1 is 1.23 bits per heavy atom. The third kappa shape index (κ3) is 8.83. The van der Waals surface area contributed by atoms with E-state index in [0.29, 0.717) is 36.5 Å². The summed E-state index contributed by atoms with van der Waals surface area (Å²) >= 11 is 0. The van der Waals surface area contributed by atoms with Crippen molar-refractivity contribution < 1.29 is 4.79 Å². The lowest BCUT2D eigenvalue weighted by Gasteiger charge is -2.17. The van der Waals surface area contributed by atoms with Gasteiger partial charge < -0.3 is 20.9 Å². The Morgan fingerprint density at radius 3 is 2.60 bits per heavy atom. The number of aromatic nitrogens is 2. The lowest BCUT2D eigenvalue weighted by molar-refractivity contribution is -0.120. The summed E-state index contributed by atoms with van der Waals surface area (Å²) in [5.74, 6) is 2.07. The molecule has 35 heavy (non-hydrogen) atoms. The first-order chi connectivity index (χ1) is 16.9. The summed E-state index contributed by atoms with van der Waals surface area (Å²) in [7, 11) is 1.92. The number of nitrogens with zero attached hydrogens (tertiary/aromatic N) is 3. The molecule has 0 unspecified atom stereocenters. The zero-order chi connectivity index (χ0) is 25.2. The maximum atomic E-state index is 12.2. The van der Waals surface area contributed by atoms with Gasteiger partial charge in [0.2, 0.25) is 11.9 Å². The van der Waals surface area contributed by atoms with Gasteiger partial charge in [-0.3, -0.25) is 10.2 Å². The normalized spacial score (nSPS) is 13.5. The van der Waals surface area contributed by atoms with Crippen LogP contribution in [0.1, 0.15) is 45.6 Å². The van der Waals surface area contributed by atoms with E-state index in [9.17, 15) is 4.79 Å². The molecule has 1 aliphatic carbocycles. The van der Waals surface area contributed by atoms with Crippen molar-refractivity contribution in [2.24, 2.45) is 5.92 Å². The number of hydrogen-bond donors (Lipinski definition) is 4. The summed E-state index contributed by atoms with van der Waals surface area (Å²) in [6, 6.07) is 7.71. The van der Waals surface area contributed by atoms with E-state index in [-0.39, 0.29) is 5.91 Å². The molecule has 1 aromatic carbocycles. The van der Waals surface area contributed by atoms with Crippen LogP contribution in [0.15, 0.2) is 42.1 Å². The number of carbonyl (C=O) groups excluding carboxylic acids is 1. The fourth-order valence-corrected chi connectivity index (χ4v) is 3.83. The topological polar surface area (TPSA) is 106 Å². The molecular formula is C26H38BN7O. The number of carbonyl (C=O) groups is 1. The van der Waals surface area contributed by atoms with Crippen molar-refractivity contribution in [1.29, 1.82) is 5.41 Å². The number of allylic oxidation sites excluding steroid dienone is 1. The van der Waals surface area contributed by atoms with Gasteiger partial charge in [0.05, 0.1) is 6.42 Å². The van der Waals surface area contributed by atoms with Crippen molar-refractivity contribution in [3.8, 4) is 0 Å². The predicted octanol–water partition coefficient (Wildman–Crippen LogP) is 2.61. The Labute approximate surface area is 209 Å². The van der Waals surface area contributed by atoms with Gasteiger partial charge in [-0.25, -0.2) is 4.98 Å². The van der Waals surface area contributed by atoms with Crippen LogP contribution < -0.4 is 21.4 Å². The molecule has 1 aliphatic rings. The molecule has 1 saturated carbocycles. The number of nitrogens with one attached hydrogen (secondary N) is 4. The number of anilines is 3. The van der Waals surface area contributed by atoms with Crippen molar-refractivity contribution in [2.45, 2.75) is 46.5 Å². The Bertz CT molecular complexity index is 1030. The van der Waals surface area contributed by atoms with Crippen LogP contribution in [0.5, 0.6) is 0 Å². The van der Waals surface area contributed by atoms with Crippen LogP contribution in [0.2, 0.25) is 0 Å². The van der Waals surface area contributed by atoms with Crippen LogP contribution in [-0.4, -0.2) is 60.6 Å². The highest BCUT2D eigenvalue weighted by Gasteiger charge is 2.23. The largest absolute Gasteiger partial charge is 0.356 e. The molecule has 0 aliphatic heterocycles. The van der Waals surface area contributed by atoms with Gasteiger partial charge >= 0.3 is 0 Å². The molecule has 0 atom stereocenters. The third-order valence-corrected chi connectivity index (χ3v) is 6.26. The molecule has 4 N–H and O–H groups in total. The summed E-state index contributed by atoms with van der Waals surface area (Å²) in [5, 5.41) is 17.5. The van der Waals surface area contributed by atoms with E-state index in [2.05, 4.69) is 51.6 Å². The number of rotatable bonds is 13. The summed E-state index contributed by atoms with van der Waals surface area (Å²) in [4.78, 5) is 23.5. The number of hydrogen-bond acceptors (Lipinski definition) is 6. The van der Waals surface area contributed by atoms with Gasteiger partial charge in [-0.2, -0.15) is 4.98 Å². The second kappa shape index (κ2) is 13.0. The zero-order valence-corrected chi connectivity index (χ0v) is 21.4. The standard InChI is InChI=1S/C26H38BN7O/c1-4-34(5-2)14-6-13-29-24(35)16-19-7-11-21(12-8-19)31-26-30-17-22(27)25(33-26)32-23(28)15-18(3)20-9-10-20/h7-8,11-12,15,17,20H,4-6,9-10,13-14,16,27H2,1-3H3,(H,29,35)(H3,28,30,31,32,33)/b18-15+. The minimum absolute atomic E-state index is 0.0382. The summed E-state index contributed by atoms with van der Waals surface area (Å²) in [6.07, 6.45) is 7.37. The van der Waals surface area contributed by atoms with E-state index < -0.39 is 0 Å². The van der Waals surface area contributed by atoms with E-state index in [1.165, 1.54) is 18.4 Å². The Kier molecular flexibility index (Phi) is 9.84. The molecule has 1 aromatic heterocycles. The van der Waals surface area contributed by atoms with Crippen molar-refractivity contribution in [3.63, 3.8) is 0 Å². The molecule has 9 heteroatoms. The molecule has 0 bridgehead atoms. The highest BCUT2D eigenvalue weighted by Crippen LogP contribution is 2.35. The molecule has 1 fully saturated rings. The van der Waals surface area contributed by atoms with E-state index in [1.54, 1.807) is 6.20 Å². The molecule has 0 spiro atoms. The van der Waals surface area contributed by atoms with E-state index >= 15 is 0 Å². The van der Waals surface area contributed by atoms with Gasteiger partial charge in [0.1, 0.15) is 19.5 Å². The second-order valence-electron chi connectivity index (χ2n) is 9.16. The van der Waals surface area contributed by atoms with Crippen molar-refractivity contribution in [3.05, 3.63) is 47.7 Å². The van der Waals surface area contributed by atoms with E-state index in [0.717, 1.165) is 42.8 Å². The minimum Gasteiger partial charge on any atom is -0.356 e. The van der Waals surface area contributed by atoms with Crippen LogP contribution in [0.4, 0.5) is 17.5 Å². The Morgan fingerprint density at radius 2 is 1.94 bits per heavy atom. The molecule has 8 nitrogen and oxygen atoms in total. The van der Waals surface area contributed by atoms with Crippen molar-refractivity contribution >= 4 is 42.5 Å². The van der Waals surface area contributed by atoms with E-state index in [1.807, 2.05) is 38.2 Å². The number of amidine groups is 1. The van der Waals surface area contributed by atoms with Crippen LogP contribution in [0.25, 0.3) is 0 Å². The van der Waals surface area contributed by atoms with Crippen molar-refractivity contribution in [1.82, 2.24) is 20.2 Å². The van der Waals surface area contributed by atoms with Gasteiger partial charge in [-0.1, -0.05) is 31.6 Å². The van der Waals surface area contributed by atoms with Crippen LogP contribution in [-0.2, 0) is 11.2 Å². The highest BCUT2D eigenvalue weighted by atomic mass is 16.1. The quantitative estimate of drug-likeness (QED) is 0.154. The average molecular weight is 475 g/mol. The van der Waals surface area contributed by atoms with Gasteiger partial charge in [0.25, 0.3) is 0 Å². The summed E-state index contributed by atoms with van der Waals surface area (Å²) < 4.78 is 0. The lowest BCUT2D eigenvalue weighted by Crippen LogP contribution is -2.30. The average Bonchev–Trinajstić information content (AvgIpc) is 3.68. The number of amides is 1. The van der Waals surface area contributed by atoms with Crippen molar-refractivity contribution in [2.75, 3.05) is 36.8 Å².